The zero-order valence-electron chi connectivity index (χ0n) is 10.6. The molecule has 0 amide bonds. The minimum atomic E-state index is 0.476. The lowest BCUT2D eigenvalue weighted by Crippen LogP contribution is -1.94. The number of hydrogen-bond acceptors (Lipinski definition) is 3. The van der Waals surface area contributed by atoms with E-state index in [1.54, 1.807) is 13.4 Å². The van der Waals surface area contributed by atoms with Crippen LogP contribution >= 0.6 is 12.2 Å². The first kappa shape index (κ1) is 12.8. The molecular weight excluding hydrogens is 244 g/mol. The van der Waals surface area contributed by atoms with Gasteiger partial charge >= 0.3 is 0 Å². The van der Waals surface area contributed by atoms with Crippen LogP contribution in [-0.2, 0) is 6.42 Å². The van der Waals surface area contributed by atoms with Gasteiger partial charge in [0.1, 0.15) is 0 Å². The van der Waals surface area contributed by atoms with Crippen LogP contribution in [0.15, 0.2) is 30.6 Å². The number of aromatic nitrogens is 2. The van der Waals surface area contributed by atoms with Crippen LogP contribution in [0.5, 0.6) is 5.75 Å². The first-order chi connectivity index (χ1) is 8.76. The lowest BCUT2D eigenvalue weighted by molar-refractivity contribution is 0.411. The summed E-state index contributed by atoms with van der Waals surface area (Å²) in [5.74, 6) is 0.621. The number of aromatic amines is 1. The molecule has 0 aliphatic carbocycles. The van der Waals surface area contributed by atoms with Gasteiger partial charge in [-0.3, -0.25) is 0 Å². The van der Waals surface area contributed by atoms with Crippen molar-refractivity contribution in [2.45, 2.75) is 19.8 Å². The van der Waals surface area contributed by atoms with Crippen LogP contribution in [0.3, 0.4) is 0 Å². The normalized spacial score (nSPS) is 10.3. The smallest absolute Gasteiger partial charge is 0.179 e. The zero-order valence-corrected chi connectivity index (χ0v) is 11.4. The Morgan fingerprint density at radius 2 is 2.00 bits per heavy atom. The van der Waals surface area contributed by atoms with Gasteiger partial charge < -0.3 is 9.72 Å². The number of aryl methyl sites for hydroxylation is 1. The fraction of sp³-hybridized carbons (Fsp3) is 0.286. The van der Waals surface area contributed by atoms with Crippen molar-refractivity contribution in [3.63, 3.8) is 0 Å². The van der Waals surface area contributed by atoms with E-state index >= 15 is 0 Å². The predicted molar refractivity (Wildman–Crippen MR) is 75.4 cm³/mol. The fourth-order valence-corrected chi connectivity index (χ4v) is 2.16. The highest BCUT2D eigenvalue weighted by atomic mass is 32.1. The standard InChI is InChI=1S/C14H16N2OS/c1-3-4-10-5-7-11(8-6-10)12-13(17-2)14(18)16-9-15-12/h5-9H,3-4H2,1-2H3,(H,15,16,18). The van der Waals surface area contributed by atoms with Gasteiger partial charge in [-0.25, -0.2) is 4.98 Å². The minimum Gasteiger partial charge on any atom is -0.491 e. The molecule has 0 atom stereocenters. The highest BCUT2D eigenvalue weighted by Gasteiger charge is 2.08. The molecule has 1 aromatic carbocycles. The van der Waals surface area contributed by atoms with Crippen LogP contribution < -0.4 is 4.74 Å². The average Bonchev–Trinajstić information content (AvgIpc) is 2.40. The third kappa shape index (κ3) is 2.59. The van der Waals surface area contributed by atoms with E-state index in [0.717, 1.165) is 24.1 Å². The van der Waals surface area contributed by atoms with Gasteiger partial charge in [0.15, 0.2) is 10.4 Å². The van der Waals surface area contributed by atoms with E-state index in [4.69, 9.17) is 17.0 Å². The first-order valence-corrected chi connectivity index (χ1v) is 6.38. The maximum absolute atomic E-state index is 5.31. The van der Waals surface area contributed by atoms with E-state index in [1.807, 2.05) is 0 Å². The summed E-state index contributed by atoms with van der Waals surface area (Å²) in [5, 5.41) is 0. The van der Waals surface area contributed by atoms with Crippen molar-refractivity contribution in [3.8, 4) is 17.0 Å². The summed E-state index contributed by atoms with van der Waals surface area (Å²) < 4.78 is 5.79. The molecule has 94 valence electrons. The Balaban J connectivity index is 2.42. The third-order valence-corrected chi connectivity index (χ3v) is 3.09. The van der Waals surface area contributed by atoms with Crippen molar-refractivity contribution >= 4 is 12.2 Å². The zero-order chi connectivity index (χ0) is 13.0. The average molecular weight is 260 g/mol. The van der Waals surface area contributed by atoms with Gasteiger partial charge in [-0.2, -0.15) is 0 Å². The molecule has 0 radical (unpaired) electrons. The van der Waals surface area contributed by atoms with Gasteiger partial charge in [-0.1, -0.05) is 49.8 Å². The fourth-order valence-electron chi connectivity index (χ4n) is 1.92. The van der Waals surface area contributed by atoms with Gasteiger partial charge in [-0.05, 0) is 12.0 Å². The summed E-state index contributed by atoms with van der Waals surface area (Å²) in [6.45, 7) is 2.18. The first-order valence-electron chi connectivity index (χ1n) is 5.97. The van der Waals surface area contributed by atoms with Gasteiger partial charge in [0.05, 0.1) is 19.1 Å². The molecule has 18 heavy (non-hydrogen) atoms. The van der Waals surface area contributed by atoms with Gasteiger partial charge in [0.2, 0.25) is 0 Å². The number of H-pyrrole nitrogens is 1. The largest absolute Gasteiger partial charge is 0.491 e. The summed E-state index contributed by atoms with van der Waals surface area (Å²) in [6, 6.07) is 8.42. The second kappa shape index (κ2) is 5.78. The van der Waals surface area contributed by atoms with Crippen LogP contribution in [-0.4, -0.2) is 17.1 Å². The van der Waals surface area contributed by atoms with E-state index in [2.05, 4.69) is 41.2 Å². The summed E-state index contributed by atoms with van der Waals surface area (Å²) >= 11 is 5.15. The van der Waals surface area contributed by atoms with Crippen molar-refractivity contribution in [2.75, 3.05) is 7.11 Å². The maximum Gasteiger partial charge on any atom is 0.179 e. The molecular formula is C14H16N2OS. The summed E-state index contributed by atoms with van der Waals surface area (Å²) in [6.07, 6.45) is 3.85. The molecule has 0 spiro atoms. The number of nitrogens with one attached hydrogen (secondary N) is 1. The molecule has 1 heterocycles. The lowest BCUT2D eigenvalue weighted by atomic mass is 10.1. The number of methoxy groups -OCH3 is 1. The Morgan fingerprint density at radius 3 is 2.61 bits per heavy atom. The molecule has 3 nitrogen and oxygen atoms in total. The van der Waals surface area contributed by atoms with Crippen LogP contribution in [0, 0.1) is 4.64 Å². The highest BCUT2D eigenvalue weighted by molar-refractivity contribution is 7.71. The minimum absolute atomic E-state index is 0.476. The van der Waals surface area contributed by atoms with Crippen molar-refractivity contribution in [2.24, 2.45) is 0 Å². The summed E-state index contributed by atoms with van der Waals surface area (Å²) in [4.78, 5) is 7.11. The summed E-state index contributed by atoms with van der Waals surface area (Å²) in [5.41, 5.74) is 3.27. The molecule has 0 saturated carbocycles. The monoisotopic (exact) mass is 260 g/mol. The SMILES string of the molecule is CCCc1ccc(-c2[nH]cnc(=S)c2OC)cc1. The second-order valence-electron chi connectivity index (χ2n) is 4.06. The van der Waals surface area contributed by atoms with E-state index < -0.39 is 0 Å². The number of rotatable bonds is 4. The summed E-state index contributed by atoms with van der Waals surface area (Å²) in [7, 11) is 1.61. The number of benzene rings is 1. The third-order valence-electron chi connectivity index (χ3n) is 2.80. The molecule has 1 aromatic heterocycles. The van der Waals surface area contributed by atoms with Gasteiger partial charge in [-0.15, -0.1) is 0 Å². The second-order valence-corrected chi connectivity index (χ2v) is 4.45. The molecule has 2 aromatic rings. The molecule has 4 heteroatoms. The number of nitrogens with zero attached hydrogens (tertiary/aromatic N) is 1. The van der Waals surface area contributed by atoms with Crippen LogP contribution in [0.2, 0.25) is 0 Å². The van der Waals surface area contributed by atoms with Crippen molar-refractivity contribution < 1.29 is 4.74 Å². The number of ether oxygens (including phenoxy) is 1. The maximum atomic E-state index is 5.31. The molecule has 0 saturated heterocycles. The van der Waals surface area contributed by atoms with Crippen molar-refractivity contribution in [1.82, 2.24) is 9.97 Å². The van der Waals surface area contributed by atoms with Crippen molar-refractivity contribution in [1.29, 1.82) is 0 Å². The van der Waals surface area contributed by atoms with E-state index in [-0.39, 0.29) is 0 Å². The molecule has 2 rings (SSSR count). The van der Waals surface area contributed by atoms with Crippen LogP contribution in [0.4, 0.5) is 0 Å². The molecule has 0 unspecified atom stereocenters. The number of hydrogen-bond donors (Lipinski definition) is 1. The quantitative estimate of drug-likeness (QED) is 0.850. The lowest BCUT2D eigenvalue weighted by Gasteiger charge is -2.08. The van der Waals surface area contributed by atoms with Gasteiger partial charge in [0, 0.05) is 5.56 Å². The Bertz CT molecular complexity index is 575. The Hall–Kier alpha value is -1.68. The highest BCUT2D eigenvalue weighted by Crippen LogP contribution is 2.27. The molecule has 1 N–H and O–H groups in total. The van der Waals surface area contributed by atoms with E-state index in [0.29, 0.717) is 10.4 Å². The van der Waals surface area contributed by atoms with Crippen LogP contribution in [0.1, 0.15) is 18.9 Å². The molecule has 0 aliphatic rings. The Morgan fingerprint density at radius 1 is 1.28 bits per heavy atom. The Kier molecular flexibility index (Phi) is 4.10. The Labute approximate surface area is 112 Å². The molecule has 0 fully saturated rings. The topological polar surface area (TPSA) is 37.9 Å². The predicted octanol–water partition coefficient (Wildman–Crippen LogP) is 3.77. The molecule has 0 aliphatic heterocycles. The van der Waals surface area contributed by atoms with E-state index in [1.165, 1.54) is 5.56 Å². The van der Waals surface area contributed by atoms with Crippen LogP contribution in [0.25, 0.3) is 11.3 Å². The van der Waals surface area contributed by atoms with E-state index in [9.17, 15) is 0 Å². The van der Waals surface area contributed by atoms with Crippen molar-refractivity contribution in [3.05, 3.63) is 40.8 Å². The molecule has 0 bridgehead atoms. The van der Waals surface area contributed by atoms with Gasteiger partial charge in [0.25, 0.3) is 0 Å².